The largest absolute Gasteiger partial charge is 0.494 e. The highest BCUT2D eigenvalue weighted by atomic mass is 32.2. The van der Waals surface area contributed by atoms with Gasteiger partial charge in [0, 0.05) is 31.9 Å². The summed E-state index contributed by atoms with van der Waals surface area (Å²) >= 11 is 0. The quantitative estimate of drug-likeness (QED) is 0.715. The number of anilines is 1. The van der Waals surface area contributed by atoms with E-state index in [2.05, 4.69) is 30.9 Å². The van der Waals surface area contributed by atoms with E-state index < -0.39 is 15.6 Å². The molecule has 2 N–H and O–H groups in total. The lowest BCUT2D eigenvalue weighted by Gasteiger charge is -2.48. The SMILES string of the molecule is CCOc1ccc(N2C[C@H]3CN(C(=O)CS(=O)(=O)CCN)CC2C(C)(C)C3)cc1. The molecular formula is C21H33N3O4S. The normalized spacial score (nSPS) is 23.7. The number of sulfone groups is 1. The molecule has 7 nitrogen and oxygen atoms in total. The molecule has 0 radical (unpaired) electrons. The predicted molar refractivity (Wildman–Crippen MR) is 115 cm³/mol. The zero-order valence-electron chi connectivity index (χ0n) is 17.6. The Morgan fingerprint density at radius 3 is 2.52 bits per heavy atom. The zero-order valence-corrected chi connectivity index (χ0v) is 18.5. The lowest BCUT2D eigenvalue weighted by Crippen LogP contribution is -2.54. The minimum atomic E-state index is -3.46. The van der Waals surface area contributed by atoms with Gasteiger partial charge in [-0.05, 0) is 48.9 Å². The van der Waals surface area contributed by atoms with Crippen LogP contribution in [0.15, 0.2) is 24.3 Å². The first kappa shape index (κ1) is 21.9. The van der Waals surface area contributed by atoms with Crippen molar-refractivity contribution in [2.75, 3.05) is 49.2 Å². The third kappa shape index (κ3) is 5.04. The van der Waals surface area contributed by atoms with Gasteiger partial charge in [-0.1, -0.05) is 13.8 Å². The van der Waals surface area contributed by atoms with E-state index in [9.17, 15) is 13.2 Å². The summed E-state index contributed by atoms with van der Waals surface area (Å²) in [5.41, 5.74) is 6.51. The van der Waals surface area contributed by atoms with Gasteiger partial charge in [0.15, 0.2) is 9.84 Å². The molecule has 1 amide bonds. The molecule has 3 fully saturated rings. The maximum Gasteiger partial charge on any atom is 0.237 e. The van der Waals surface area contributed by atoms with Gasteiger partial charge in [-0.3, -0.25) is 4.79 Å². The van der Waals surface area contributed by atoms with E-state index >= 15 is 0 Å². The van der Waals surface area contributed by atoms with Gasteiger partial charge in [0.1, 0.15) is 11.5 Å². The third-order valence-electron chi connectivity index (χ3n) is 6.02. The highest BCUT2D eigenvalue weighted by Gasteiger charge is 2.46. The summed E-state index contributed by atoms with van der Waals surface area (Å²) in [4.78, 5) is 16.9. The molecule has 0 saturated carbocycles. The van der Waals surface area contributed by atoms with Crippen LogP contribution in [0.1, 0.15) is 27.2 Å². The lowest BCUT2D eigenvalue weighted by molar-refractivity contribution is -0.128. The first-order valence-corrected chi connectivity index (χ1v) is 12.1. The molecule has 2 bridgehead atoms. The molecule has 3 aliphatic heterocycles. The number of benzene rings is 1. The van der Waals surface area contributed by atoms with E-state index in [1.54, 1.807) is 4.90 Å². The Labute approximate surface area is 174 Å². The molecule has 162 valence electrons. The van der Waals surface area contributed by atoms with Crippen LogP contribution < -0.4 is 15.4 Å². The lowest BCUT2D eigenvalue weighted by atomic mass is 9.73. The van der Waals surface area contributed by atoms with Crippen molar-refractivity contribution in [3.63, 3.8) is 0 Å². The number of nitrogens with two attached hydrogens (primary N) is 1. The summed E-state index contributed by atoms with van der Waals surface area (Å²) < 4.78 is 29.7. The maximum atomic E-state index is 12.8. The van der Waals surface area contributed by atoms with E-state index in [1.807, 2.05) is 19.1 Å². The fourth-order valence-electron chi connectivity index (χ4n) is 4.76. The van der Waals surface area contributed by atoms with Gasteiger partial charge in [0.25, 0.3) is 0 Å². The van der Waals surface area contributed by atoms with Crippen molar-refractivity contribution in [3.05, 3.63) is 24.3 Å². The fourth-order valence-corrected chi connectivity index (χ4v) is 5.82. The number of hydrogen-bond donors (Lipinski definition) is 1. The van der Waals surface area contributed by atoms with Crippen LogP contribution in [0.5, 0.6) is 5.75 Å². The van der Waals surface area contributed by atoms with Gasteiger partial charge in [0.2, 0.25) is 5.91 Å². The molecule has 4 rings (SSSR count). The van der Waals surface area contributed by atoms with Crippen molar-refractivity contribution >= 4 is 21.4 Å². The highest BCUT2D eigenvalue weighted by Crippen LogP contribution is 2.43. The molecule has 1 aromatic carbocycles. The van der Waals surface area contributed by atoms with Gasteiger partial charge < -0.3 is 20.3 Å². The Hall–Kier alpha value is -1.80. The zero-order chi connectivity index (χ0) is 21.2. The number of piperidine rings is 1. The highest BCUT2D eigenvalue weighted by molar-refractivity contribution is 7.92. The Morgan fingerprint density at radius 2 is 1.90 bits per heavy atom. The van der Waals surface area contributed by atoms with Crippen molar-refractivity contribution in [1.29, 1.82) is 0 Å². The minimum Gasteiger partial charge on any atom is -0.494 e. The van der Waals surface area contributed by atoms with Gasteiger partial charge in [-0.2, -0.15) is 0 Å². The van der Waals surface area contributed by atoms with Crippen LogP contribution in [0.25, 0.3) is 0 Å². The number of ether oxygens (including phenoxy) is 1. The van der Waals surface area contributed by atoms with Crippen LogP contribution in [0.4, 0.5) is 5.69 Å². The Kier molecular flexibility index (Phi) is 6.43. The number of hydrogen-bond acceptors (Lipinski definition) is 6. The molecule has 3 saturated heterocycles. The number of fused-ring (bicyclic) bond motifs is 4. The second kappa shape index (κ2) is 8.52. The fraction of sp³-hybridized carbons (Fsp3) is 0.667. The average Bonchev–Trinajstić information content (AvgIpc) is 2.89. The van der Waals surface area contributed by atoms with Crippen LogP contribution in [-0.2, 0) is 14.6 Å². The molecule has 8 heteroatoms. The molecule has 1 aromatic rings. The van der Waals surface area contributed by atoms with Crippen LogP contribution in [0.2, 0.25) is 0 Å². The first-order chi connectivity index (χ1) is 13.6. The van der Waals surface area contributed by atoms with Crippen molar-refractivity contribution in [2.24, 2.45) is 17.1 Å². The summed E-state index contributed by atoms with van der Waals surface area (Å²) in [6.45, 7) is 9.11. The van der Waals surface area contributed by atoms with Gasteiger partial charge in [-0.25, -0.2) is 8.42 Å². The van der Waals surface area contributed by atoms with Gasteiger partial charge in [-0.15, -0.1) is 0 Å². The average molecular weight is 424 g/mol. The van der Waals surface area contributed by atoms with Crippen LogP contribution >= 0.6 is 0 Å². The second-order valence-corrected chi connectivity index (χ2v) is 11.0. The van der Waals surface area contributed by atoms with Crippen LogP contribution in [0, 0.1) is 11.3 Å². The van der Waals surface area contributed by atoms with Gasteiger partial charge >= 0.3 is 0 Å². The summed E-state index contributed by atoms with van der Waals surface area (Å²) in [7, 11) is -3.46. The maximum absolute atomic E-state index is 12.8. The Bertz CT molecular complexity index is 823. The first-order valence-electron chi connectivity index (χ1n) is 10.3. The topological polar surface area (TPSA) is 92.9 Å². The van der Waals surface area contributed by atoms with E-state index in [4.69, 9.17) is 10.5 Å². The van der Waals surface area contributed by atoms with E-state index in [1.165, 1.54) is 0 Å². The smallest absolute Gasteiger partial charge is 0.237 e. The van der Waals surface area contributed by atoms with Gasteiger partial charge in [0.05, 0.1) is 18.4 Å². The molecule has 0 spiro atoms. The predicted octanol–water partition coefficient (Wildman–Crippen LogP) is 1.52. The Morgan fingerprint density at radius 1 is 1.21 bits per heavy atom. The minimum absolute atomic E-state index is 0.0205. The number of rotatable bonds is 7. The molecule has 1 unspecified atom stereocenters. The van der Waals surface area contributed by atoms with Crippen molar-refractivity contribution in [2.45, 2.75) is 33.2 Å². The standard InChI is InChI=1S/C21H33N3O4S/c1-4-28-18-7-5-17(6-8-18)24-13-16-11-21(2,3)19(24)14-23(12-16)20(25)15-29(26,27)10-9-22/h5-8,16,19H,4,9-15,22H2,1-3H3/t16-,19?/m1/s1. The summed E-state index contributed by atoms with van der Waals surface area (Å²) in [5, 5.41) is 0. The van der Waals surface area contributed by atoms with Crippen LogP contribution in [-0.4, -0.2) is 69.6 Å². The molecule has 2 atom stereocenters. The van der Waals surface area contributed by atoms with E-state index in [0.29, 0.717) is 25.6 Å². The monoisotopic (exact) mass is 423 g/mol. The summed E-state index contributed by atoms with van der Waals surface area (Å²) in [6.07, 6.45) is 1.02. The molecule has 29 heavy (non-hydrogen) atoms. The van der Waals surface area contributed by atoms with Crippen molar-refractivity contribution in [1.82, 2.24) is 4.90 Å². The molecule has 3 heterocycles. The van der Waals surface area contributed by atoms with Crippen molar-refractivity contribution < 1.29 is 17.9 Å². The molecule has 3 aliphatic rings. The number of amides is 1. The molecule has 0 aliphatic carbocycles. The number of carbonyl (C=O) groups excluding carboxylic acids is 1. The van der Waals surface area contributed by atoms with E-state index in [0.717, 1.165) is 24.4 Å². The molecule has 0 aromatic heterocycles. The van der Waals surface area contributed by atoms with Crippen molar-refractivity contribution in [3.8, 4) is 5.75 Å². The van der Waals surface area contributed by atoms with Crippen LogP contribution in [0.3, 0.4) is 0 Å². The Balaban J connectivity index is 1.81. The molecular weight excluding hydrogens is 390 g/mol. The van der Waals surface area contributed by atoms with E-state index in [-0.39, 0.29) is 29.7 Å². The summed E-state index contributed by atoms with van der Waals surface area (Å²) in [5.74, 6) is 0.240. The number of carbonyl (C=O) groups is 1. The second-order valence-electron chi connectivity index (χ2n) is 8.83. The summed E-state index contributed by atoms with van der Waals surface area (Å²) in [6, 6.07) is 8.22. The number of nitrogens with zero attached hydrogens (tertiary/aromatic N) is 2. The third-order valence-corrected chi connectivity index (χ3v) is 7.57.